The lowest BCUT2D eigenvalue weighted by atomic mass is 9.99. The predicted molar refractivity (Wildman–Crippen MR) is 229 cm³/mol. The first-order chi connectivity index (χ1) is 25.9. The molecule has 7 rings (SSSR count). The Morgan fingerprint density at radius 2 is 1.43 bits per heavy atom. The Morgan fingerprint density at radius 1 is 0.736 bits per heavy atom. The smallest absolute Gasteiger partial charge is 0.150 e. The van der Waals surface area contributed by atoms with E-state index >= 15 is 0 Å². The van der Waals surface area contributed by atoms with Crippen molar-refractivity contribution in [3.63, 3.8) is 0 Å². The molecule has 0 unspecified atom stereocenters. The molecule has 0 fully saturated rings. The summed E-state index contributed by atoms with van der Waals surface area (Å²) in [6.07, 6.45) is 12.8. The summed E-state index contributed by atoms with van der Waals surface area (Å²) in [4.78, 5) is 0. The summed E-state index contributed by atoms with van der Waals surface area (Å²) in [7, 11) is 0. The number of para-hydroxylation sites is 1. The van der Waals surface area contributed by atoms with Crippen molar-refractivity contribution in [3.8, 4) is 11.1 Å². The van der Waals surface area contributed by atoms with Gasteiger partial charge in [-0.1, -0.05) is 158 Å². The van der Waals surface area contributed by atoms with Crippen LogP contribution in [0.25, 0.3) is 55.0 Å². The van der Waals surface area contributed by atoms with Gasteiger partial charge in [-0.2, -0.15) is 5.10 Å². The van der Waals surface area contributed by atoms with Crippen LogP contribution in [-0.4, -0.2) is 10.4 Å². The first-order valence-electron chi connectivity index (χ1n) is 17.7. The molecule has 0 atom stereocenters. The van der Waals surface area contributed by atoms with E-state index in [9.17, 15) is 0 Å². The van der Waals surface area contributed by atoms with Gasteiger partial charge in [-0.15, -0.1) is 0 Å². The van der Waals surface area contributed by atoms with E-state index in [1.54, 1.807) is 6.20 Å². The van der Waals surface area contributed by atoms with Crippen molar-refractivity contribution in [3.05, 3.63) is 205 Å². The van der Waals surface area contributed by atoms with Crippen LogP contribution in [0.3, 0.4) is 0 Å². The summed E-state index contributed by atoms with van der Waals surface area (Å²) in [5, 5.41) is 8.48. The van der Waals surface area contributed by atoms with Crippen LogP contribution < -0.4 is 17.3 Å². The maximum atomic E-state index is 6.28. The van der Waals surface area contributed by atoms with Gasteiger partial charge in [0.05, 0.1) is 16.7 Å². The van der Waals surface area contributed by atoms with Crippen LogP contribution in [0.15, 0.2) is 193 Å². The normalized spacial score (nSPS) is 12.7. The Labute approximate surface area is 312 Å². The van der Waals surface area contributed by atoms with E-state index in [4.69, 9.17) is 17.3 Å². The second kappa shape index (κ2) is 16.9. The SMILES string of the molecule is C=C/C(=C\C=C/C)c1cccc(C/C(C)=C/C(=C\N)n2c3ccccc3c3c4ccccc4ccc32)c1.N/N=C(\N)c1cccc(-c2ccccc2)c1. The molecule has 0 aliphatic heterocycles. The van der Waals surface area contributed by atoms with Crippen LogP contribution in [0.2, 0.25) is 0 Å². The second-order valence-corrected chi connectivity index (χ2v) is 12.8. The van der Waals surface area contributed by atoms with Crippen LogP contribution in [0.1, 0.15) is 30.5 Å². The number of nitrogens with zero attached hydrogens (tertiary/aromatic N) is 2. The zero-order valence-electron chi connectivity index (χ0n) is 30.3. The number of amidine groups is 1. The van der Waals surface area contributed by atoms with Crippen molar-refractivity contribution in [2.45, 2.75) is 20.3 Å². The monoisotopic (exact) mass is 691 g/mol. The molecule has 5 heteroatoms. The molecule has 1 heterocycles. The van der Waals surface area contributed by atoms with Gasteiger partial charge in [0.1, 0.15) is 5.84 Å². The Kier molecular flexibility index (Phi) is 11.5. The summed E-state index contributed by atoms with van der Waals surface area (Å²) in [6.45, 7) is 8.18. The highest BCUT2D eigenvalue weighted by molar-refractivity contribution is 6.21. The summed E-state index contributed by atoms with van der Waals surface area (Å²) in [5.74, 6) is 5.50. The molecule has 6 aromatic carbocycles. The van der Waals surface area contributed by atoms with Crippen molar-refractivity contribution in [2.24, 2.45) is 22.4 Å². The van der Waals surface area contributed by atoms with Crippen LogP contribution >= 0.6 is 0 Å². The van der Waals surface area contributed by atoms with Gasteiger partial charge in [0.25, 0.3) is 0 Å². The Balaban J connectivity index is 0.000000250. The maximum absolute atomic E-state index is 6.28. The molecule has 7 aromatic rings. The number of hydrogen-bond donors (Lipinski definition) is 3. The molecule has 0 saturated heterocycles. The van der Waals surface area contributed by atoms with E-state index < -0.39 is 0 Å². The average molecular weight is 692 g/mol. The number of benzene rings is 6. The minimum absolute atomic E-state index is 0.345. The molecular formula is C48H45N5. The van der Waals surface area contributed by atoms with E-state index in [2.05, 4.69) is 132 Å². The molecule has 0 aliphatic carbocycles. The van der Waals surface area contributed by atoms with E-state index in [-0.39, 0.29) is 0 Å². The minimum atomic E-state index is 0.345. The first-order valence-corrected chi connectivity index (χ1v) is 17.7. The average Bonchev–Trinajstić information content (AvgIpc) is 3.55. The van der Waals surface area contributed by atoms with Crippen molar-refractivity contribution >= 4 is 49.7 Å². The number of hydrogen-bond acceptors (Lipinski definition) is 3. The lowest BCUT2D eigenvalue weighted by molar-refractivity contribution is 1.13. The quantitative estimate of drug-likeness (QED) is 0.0462. The van der Waals surface area contributed by atoms with Gasteiger partial charge in [-0.25, -0.2) is 0 Å². The standard InChI is InChI=1S/C35H32N2.C13H13N3/c1-4-6-13-27(5-2)29-15-11-12-26(23-29)21-25(3)22-30(24-36)37-33-18-10-9-17-32(33)35-31-16-8-7-14-28(31)19-20-34(35)37;14-13(16-15)12-8-4-7-11(9-12)10-5-2-1-3-6-10/h4-20,22-24H,2,21,36H2,1,3H3;1-9H,15H2,(H2,14,16)/b6-4-,25-22+,27-13+,30-24+;. The summed E-state index contributed by atoms with van der Waals surface area (Å²) >= 11 is 0. The van der Waals surface area contributed by atoms with Crippen molar-refractivity contribution in [1.82, 2.24) is 4.57 Å². The lowest BCUT2D eigenvalue weighted by Gasteiger charge is -2.11. The van der Waals surface area contributed by atoms with Crippen molar-refractivity contribution in [1.29, 1.82) is 0 Å². The first kappa shape index (κ1) is 36.0. The Morgan fingerprint density at radius 3 is 2.19 bits per heavy atom. The number of rotatable bonds is 9. The van der Waals surface area contributed by atoms with E-state index in [0.29, 0.717) is 5.84 Å². The summed E-state index contributed by atoms with van der Waals surface area (Å²) < 4.78 is 2.28. The van der Waals surface area contributed by atoms with Gasteiger partial charge in [-0.05, 0) is 83.1 Å². The molecule has 0 aliphatic rings. The van der Waals surface area contributed by atoms with Gasteiger partial charge < -0.3 is 21.9 Å². The largest absolute Gasteiger partial charge is 0.403 e. The Hall–Kier alpha value is -6.85. The highest BCUT2D eigenvalue weighted by atomic mass is 15.2. The second-order valence-electron chi connectivity index (χ2n) is 12.8. The fourth-order valence-electron chi connectivity index (χ4n) is 6.74. The molecule has 53 heavy (non-hydrogen) atoms. The minimum Gasteiger partial charge on any atom is -0.403 e. The van der Waals surface area contributed by atoms with Crippen LogP contribution in [0.4, 0.5) is 0 Å². The van der Waals surface area contributed by atoms with Gasteiger partial charge in [-0.3, -0.25) is 0 Å². The van der Waals surface area contributed by atoms with Gasteiger partial charge in [0.15, 0.2) is 0 Å². The number of hydrazone groups is 1. The summed E-state index contributed by atoms with van der Waals surface area (Å²) in [6, 6.07) is 48.1. The molecule has 262 valence electrons. The topological polar surface area (TPSA) is 95.3 Å². The highest BCUT2D eigenvalue weighted by Crippen LogP contribution is 2.37. The van der Waals surface area contributed by atoms with Gasteiger partial charge in [0.2, 0.25) is 0 Å². The van der Waals surface area contributed by atoms with E-state index in [0.717, 1.165) is 45.4 Å². The lowest BCUT2D eigenvalue weighted by Crippen LogP contribution is -2.15. The molecule has 0 amide bonds. The van der Waals surface area contributed by atoms with E-state index in [1.807, 2.05) is 67.6 Å². The molecule has 0 saturated carbocycles. The Bertz CT molecular complexity index is 2540. The molecule has 6 N–H and O–H groups in total. The van der Waals surface area contributed by atoms with Crippen molar-refractivity contribution < 1.29 is 0 Å². The zero-order chi connectivity index (χ0) is 37.2. The fraction of sp³-hybridized carbons (Fsp3) is 0.0625. The van der Waals surface area contributed by atoms with Crippen LogP contribution in [-0.2, 0) is 6.42 Å². The highest BCUT2D eigenvalue weighted by Gasteiger charge is 2.15. The molecule has 5 nitrogen and oxygen atoms in total. The maximum Gasteiger partial charge on any atom is 0.150 e. The van der Waals surface area contributed by atoms with Crippen LogP contribution in [0.5, 0.6) is 0 Å². The van der Waals surface area contributed by atoms with Gasteiger partial charge >= 0.3 is 0 Å². The van der Waals surface area contributed by atoms with Crippen LogP contribution in [0, 0.1) is 0 Å². The molecule has 0 spiro atoms. The molecule has 0 bridgehead atoms. The number of aromatic nitrogens is 1. The third kappa shape index (κ3) is 8.06. The molecule has 1 aromatic heterocycles. The molecule has 0 radical (unpaired) electrons. The predicted octanol–water partition coefficient (Wildman–Crippen LogP) is 11.0. The van der Waals surface area contributed by atoms with E-state index in [1.165, 1.54) is 38.2 Å². The number of allylic oxidation sites excluding steroid dienone is 8. The summed E-state index contributed by atoms with van der Waals surface area (Å²) in [5.41, 5.74) is 23.1. The van der Waals surface area contributed by atoms with Crippen molar-refractivity contribution in [2.75, 3.05) is 0 Å². The molecular weight excluding hydrogens is 647 g/mol. The zero-order valence-corrected chi connectivity index (χ0v) is 30.3. The number of fused-ring (bicyclic) bond motifs is 5. The fourth-order valence-corrected chi connectivity index (χ4v) is 6.74. The van der Waals surface area contributed by atoms with Gasteiger partial charge in [0, 0.05) is 22.5 Å². The third-order valence-corrected chi connectivity index (χ3v) is 9.22. The third-order valence-electron chi connectivity index (χ3n) is 9.22. The number of nitrogens with two attached hydrogens (primary N) is 3.